The maximum absolute atomic E-state index is 12.0. The van der Waals surface area contributed by atoms with Gasteiger partial charge in [-0.05, 0) is 33.6 Å². The van der Waals surface area contributed by atoms with Crippen molar-refractivity contribution in [3.05, 3.63) is 0 Å². The van der Waals surface area contributed by atoms with Gasteiger partial charge in [-0.15, -0.1) is 0 Å². The largest absolute Gasteiger partial charge is 0.444 e. The number of amides is 1. The van der Waals surface area contributed by atoms with E-state index in [9.17, 15) is 9.90 Å². The Bertz CT molecular complexity index is 350. The third-order valence-corrected chi connectivity index (χ3v) is 2.94. The molecular weight excluding hydrogens is 258 g/mol. The molecule has 116 valence electrons. The fourth-order valence-corrected chi connectivity index (χ4v) is 1.80. The summed E-state index contributed by atoms with van der Waals surface area (Å²) in [5.41, 5.74) is -0.482. The molecule has 1 aliphatic rings. The summed E-state index contributed by atoms with van der Waals surface area (Å²) in [6.45, 7) is 9.78. The number of nitrogens with zero attached hydrogens (tertiary/aromatic N) is 2. The molecule has 1 rings (SSSR count). The van der Waals surface area contributed by atoms with Crippen LogP contribution in [0.4, 0.5) is 4.79 Å². The van der Waals surface area contributed by atoms with Gasteiger partial charge in [-0.3, -0.25) is 9.89 Å². The lowest BCUT2D eigenvalue weighted by Crippen LogP contribution is -2.47. The average molecular weight is 285 g/mol. The molecular formula is C14H27N3O3. The zero-order chi connectivity index (χ0) is 15.2. The minimum atomic E-state index is -0.482. The second kappa shape index (κ2) is 7.47. The maximum atomic E-state index is 12.0. The summed E-state index contributed by atoms with van der Waals surface area (Å²) in [7, 11) is 0. The Balaban J connectivity index is 2.38. The smallest absolute Gasteiger partial charge is 0.410 e. The number of rotatable bonds is 4. The van der Waals surface area contributed by atoms with Crippen molar-refractivity contribution in [1.82, 2.24) is 10.2 Å². The number of hydrogen-bond donors (Lipinski definition) is 2. The molecule has 0 saturated heterocycles. The van der Waals surface area contributed by atoms with Crippen LogP contribution >= 0.6 is 0 Å². The molecule has 0 radical (unpaired) electrons. The number of nitrogens with one attached hydrogen (secondary N) is 1. The molecule has 0 aliphatic carbocycles. The Hall–Kier alpha value is -1.30. The van der Waals surface area contributed by atoms with Crippen molar-refractivity contribution in [3.8, 4) is 0 Å². The van der Waals surface area contributed by atoms with Gasteiger partial charge in [0.1, 0.15) is 11.4 Å². The van der Waals surface area contributed by atoms with Crippen LogP contribution in [0.3, 0.4) is 0 Å². The van der Waals surface area contributed by atoms with Gasteiger partial charge < -0.3 is 15.2 Å². The number of carbonyl (C=O) groups is 1. The molecule has 0 bridgehead atoms. The van der Waals surface area contributed by atoms with Crippen molar-refractivity contribution in [3.63, 3.8) is 0 Å². The van der Waals surface area contributed by atoms with Crippen molar-refractivity contribution in [2.45, 2.75) is 52.2 Å². The Kier molecular flexibility index (Phi) is 6.26. The molecule has 20 heavy (non-hydrogen) atoms. The lowest BCUT2D eigenvalue weighted by Gasteiger charge is -2.30. The molecule has 1 aliphatic heterocycles. The Morgan fingerprint density at radius 1 is 1.55 bits per heavy atom. The molecule has 1 atom stereocenters. The van der Waals surface area contributed by atoms with Crippen molar-refractivity contribution >= 4 is 11.9 Å². The van der Waals surface area contributed by atoms with E-state index < -0.39 is 5.60 Å². The predicted molar refractivity (Wildman–Crippen MR) is 79.0 cm³/mol. The van der Waals surface area contributed by atoms with Crippen molar-refractivity contribution in [1.29, 1.82) is 0 Å². The molecule has 0 aromatic heterocycles. The van der Waals surface area contributed by atoms with E-state index in [-0.39, 0.29) is 12.2 Å². The van der Waals surface area contributed by atoms with Crippen LogP contribution in [0.25, 0.3) is 0 Å². The van der Waals surface area contributed by atoms with Crippen LogP contribution in [-0.2, 0) is 4.74 Å². The van der Waals surface area contributed by atoms with Gasteiger partial charge in [-0.25, -0.2) is 4.79 Å². The van der Waals surface area contributed by atoms with Gasteiger partial charge in [0.25, 0.3) is 0 Å². The van der Waals surface area contributed by atoms with Crippen molar-refractivity contribution < 1.29 is 14.6 Å². The molecule has 0 fully saturated rings. The standard InChI is InChI=1S/C14H27N3O3/c1-5-11(18)6-7-15-12-10-17(9-8-16-12)13(19)20-14(2,3)4/h11,18H,5-10H2,1-4H3,(H,15,16). The van der Waals surface area contributed by atoms with Gasteiger partial charge in [0.05, 0.1) is 19.2 Å². The number of hydrogen-bond acceptors (Lipinski definition) is 5. The molecule has 0 aromatic carbocycles. The second-order valence-electron chi connectivity index (χ2n) is 6.01. The van der Waals surface area contributed by atoms with Gasteiger partial charge in [-0.1, -0.05) is 6.92 Å². The van der Waals surface area contributed by atoms with Crippen molar-refractivity contribution in [2.24, 2.45) is 4.99 Å². The van der Waals surface area contributed by atoms with Gasteiger partial charge in [0.15, 0.2) is 0 Å². The Labute approximate surface area is 121 Å². The highest BCUT2D eigenvalue weighted by Gasteiger charge is 2.24. The lowest BCUT2D eigenvalue weighted by molar-refractivity contribution is 0.0276. The molecule has 1 unspecified atom stereocenters. The minimum Gasteiger partial charge on any atom is -0.444 e. The van der Waals surface area contributed by atoms with E-state index in [2.05, 4.69) is 10.3 Å². The van der Waals surface area contributed by atoms with Crippen molar-refractivity contribution in [2.75, 3.05) is 26.2 Å². The molecule has 1 amide bonds. The first-order valence-electron chi connectivity index (χ1n) is 7.25. The molecule has 0 spiro atoms. The van der Waals surface area contributed by atoms with E-state index in [1.807, 2.05) is 27.7 Å². The lowest BCUT2D eigenvalue weighted by atomic mass is 10.2. The van der Waals surface area contributed by atoms with E-state index in [1.54, 1.807) is 4.90 Å². The van der Waals surface area contributed by atoms with Crippen LogP contribution in [0.5, 0.6) is 0 Å². The highest BCUT2D eigenvalue weighted by molar-refractivity contribution is 5.87. The first-order chi connectivity index (χ1) is 9.31. The topological polar surface area (TPSA) is 74.2 Å². The van der Waals surface area contributed by atoms with Gasteiger partial charge >= 0.3 is 6.09 Å². The quantitative estimate of drug-likeness (QED) is 0.818. The van der Waals surface area contributed by atoms with E-state index in [1.165, 1.54) is 0 Å². The average Bonchev–Trinajstić information content (AvgIpc) is 2.37. The number of aliphatic hydroxyl groups excluding tert-OH is 1. The maximum Gasteiger partial charge on any atom is 0.410 e. The summed E-state index contributed by atoms with van der Waals surface area (Å²) in [5, 5.41) is 12.7. The first-order valence-corrected chi connectivity index (χ1v) is 7.25. The molecule has 2 N–H and O–H groups in total. The van der Waals surface area contributed by atoms with Gasteiger partial charge in [0, 0.05) is 13.1 Å². The summed E-state index contributed by atoms with van der Waals surface area (Å²) in [4.78, 5) is 18.0. The van der Waals surface area contributed by atoms with E-state index in [4.69, 9.17) is 4.74 Å². The summed E-state index contributed by atoms with van der Waals surface area (Å²) >= 11 is 0. The number of ether oxygens (including phenoxy) is 1. The molecule has 6 heteroatoms. The van der Waals surface area contributed by atoms with Crippen LogP contribution in [0, 0.1) is 0 Å². The zero-order valence-corrected chi connectivity index (χ0v) is 13.0. The van der Waals surface area contributed by atoms with Crippen LogP contribution in [0.1, 0.15) is 40.5 Å². The highest BCUT2D eigenvalue weighted by atomic mass is 16.6. The zero-order valence-electron chi connectivity index (χ0n) is 13.0. The third kappa shape index (κ3) is 6.23. The number of amidine groups is 1. The van der Waals surface area contributed by atoms with Crippen LogP contribution in [0.15, 0.2) is 4.99 Å². The van der Waals surface area contributed by atoms with Gasteiger partial charge in [0.2, 0.25) is 0 Å². The fourth-order valence-electron chi connectivity index (χ4n) is 1.80. The first kappa shape index (κ1) is 16.8. The van der Waals surface area contributed by atoms with Gasteiger partial charge in [-0.2, -0.15) is 0 Å². The number of carbonyl (C=O) groups excluding carboxylic acids is 1. The normalized spacial score (nSPS) is 17.4. The number of aliphatic hydroxyl groups is 1. The molecule has 6 nitrogen and oxygen atoms in total. The predicted octanol–water partition coefficient (Wildman–Crippen LogP) is 1.39. The van der Waals surface area contributed by atoms with Crippen LogP contribution in [-0.4, -0.2) is 59.8 Å². The second-order valence-corrected chi connectivity index (χ2v) is 6.01. The SMILES string of the molecule is CCC(O)CCNC1=NCCN(C(=O)OC(C)(C)C)C1. The van der Waals surface area contributed by atoms with Crippen LogP contribution in [0.2, 0.25) is 0 Å². The summed E-state index contributed by atoms with van der Waals surface area (Å²) in [6.07, 6.45) is 0.842. The summed E-state index contributed by atoms with van der Waals surface area (Å²) in [6, 6.07) is 0. The van der Waals surface area contributed by atoms with E-state index in [0.717, 1.165) is 12.3 Å². The minimum absolute atomic E-state index is 0.284. The molecule has 0 aromatic rings. The van der Waals surface area contributed by atoms with E-state index >= 15 is 0 Å². The highest BCUT2D eigenvalue weighted by Crippen LogP contribution is 2.11. The van der Waals surface area contributed by atoms with E-state index in [0.29, 0.717) is 32.6 Å². The van der Waals surface area contributed by atoms with Crippen LogP contribution < -0.4 is 5.32 Å². The Morgan fingerprint density at radius 2 is 2.25 bits per heavy atom. The molecule has 0 saturated carbocycles. The third-order valence-electron chi connectivity index (χ3n) is 2.94. The number of aliphatic imine (C=N–C) groups is 1. The monoisotopic (exact) mass is 285 g/mol. The fraction of sp³-hybridized carbons (Fsp3) is 0.857. The molecule has 1 heterocycles. The Morgan fingerprint density at radius 3 is 2.85 bits per heavy atom. The summed E-state index contributed by atoms with van der Waals surface area (Å²) < 4.78 is 5.35. The summed E-state index contributed by atoms with van der Waals surface area (Å²) in [5.74, 6) is 0.783.